The first kappa shape index (κ1) is 16.0. The minimum atomic E-state index is -0.244. The van der Waals surface area contributed by atoms with Gasteiger partial charge in [-0.3, -0.25) is 9.59 Å². The summed E-state index contributed by atoms with van der Waals surface area (Å²) < 4.78 is 4.87. The van der Waals surface area contributed by atoms with Gasteiger partial charge in [0.25, 0.3) is 0 Å². The molecule has 0 aromatic heterocycles. The lowest BCUT2D eigenvalue weighted by molar-refractivity contribution is -0.143. The van der Waals surface area contributed by atoms with Crippen LogP contribution in [-0.2, 0) is 9.53 Å². The Labute approximate surface area is 130 Å². The smallest absolute Gasteiger partial charge is 0.305 e. The number of ether oxygens (including phenoxy) is 1. The fourth-order valence-corrected chi connectivity index (χ4v) is 2.36. The molecule has 0 fully saturated rings. The molecule has 2 aromatic carbocycles. The fraction of sp³-hybridized carbons (Fsp3) is 0.263. The van der Waals surface area contributed by atoms with Gasteiger partial charge in [-0.1, -0.05) is 54.6 Å². The third-order valence-corrected chi connectivity index (χ3v) is 3.40. The zero-order valence-electron chi connectivity index (χ0n) is 12.7. The van der Waals surface area contributed by atoms with Gasteiger partial charge in [0.05, 0.1) is 6.61 Å². The molecule has 2 aromatic rings. The summed E-state index contributed by atoms with van der Waals surface area (Å²) in [6.45, 7) is 2.16. The number of Topliss-reactive ketones (excluding diaryl/α,β-unsaturated/α-hetero) is 1. The average Bonchev–Trinajstić information content (AvgIpc) is 2.56. The molecule has 0 amide bonds. The van der Waals surface area contributed by atoms with Crippen LogP contribution in [0.1, 0.15) is 36.5 Å². The van der Waals surface area contributed by atoms with Crippen molar-refractivity contribution in [3.05, 3.63) is 60.2 Å². The van der Waals surface area contributed by atoms with Crippen LogP contribution in [0, 0.1) is 0 Å². The van der Waals surface area contributed by atoms with Crippen LogP contribution in [0.2, 0.25) is 0 Å². The molecule has 0 saturated heterocycles. The molecule has 0 aliphatic rings. The Morgan fingerprint density at radius 1 is 0.909 bits per heavy atom. The largest absolute Gasteiger partial charge is 0.466 e. The third kappa shape index (κ3) is 4.29. The molecule has 0 atom stereocenters. The van der Waals surface area contributed by atoms with E-state index in [4.69, 9.17) is 4.74 Å². The summed E-state index contributed by atoms with van der Waals surface area (Å²) in [5, 5.41) is 0. The Hall–Kier alpha value is -2.42. The molecule has 0 aliphatic heterocycles. The third-order valence-electron chi connectivity index (χ3n) is 3.40. The van der Waals surface area contributed by atoms with Crippen LogP contribution in [-0.4, -0.2) is 18.4 Å². The van der Waals surface area contributed by atoms with Gasteiger partial charge in [0, 0.05) is 18.4 Å². The van der Waals surface area contributed by atoms with Gasteiger partial charge in [0.15, 0.2) is 5.78 Å². The van der Waals surface area contributed by atoms with Crippen molar-refractivity contribution in [3.63, 3.8) is 0 Å². The van der Waals surface area contributed by atoms with Gasteiger partial charge in [0.1, 0.15) is 0 Å². The topological polar surface area (TPSA) is 43.4 Å². The van der Waals surface area contributed by atoms with Crippen molar-refractivity contribution in [2.45, 2.75) is 26.2 Å². The van der Waals surface area contributed by atoms with E-state index in [2.05, 4.69) is 0 Å². The van der Waals surface area contributed by atoms with Crippen molar-refractivity contribution in [1.29, 1.82) is 0 Å². The molecule has 3 nitrogen and oxygen atoms in total. The summed E-state index contributed by atoms with van der Waals surface area (Å²) in [4.78, 5) is 23.7. The summed E-state index contributed by atoms with van der Waals surface area (Å²) in [5.74, 6) is -0.185. The first-order valence-electron chi connectivity index (χ1n) is 7.55. The van der Waals surface area contributed by atoms with E-state index in [0.717, 1.165) is 11.1 Å². The second-order valence-electron chi connectivity index (χ2n) is 4.99. The molecule has 0 unspecified atom stereocenters. The van der Waals surface area contributed by atoms with Crippen molar-refractivity contribution >= 4 is 11.8 Å². The molecule has 0 N–H and O–H groups in total. The van der Waals surface area contributed by atoms with Gasteiger partial charge in [0.2, 0.25) is 0 Å². The van der Waals surface area contributed by atoms with Gasteiger partial charge >= 0.3 is 5.97 Å². The van der Waals surface area contributed by atoms with Gasteiger partial charge < -0.3 is 4.74 Å². The van der Waals surface area contributed by atoms with E-state index >= 15 is 0 Å². The number of hydrogen-bond acceptors (Lipinski definition) is 3. The van der Waals surface area contributed by atoms with E-state index in [9.17, 15) is 9.59 Å². The minimum Gasteiger partial charge on any atom is -0.466 e. The highest BCUT2D eigenvalue weighted by Gasteiger charge is 2.13. The van der Waals surface area contributed by atoms with Crippen molar-refractivity contribution in [3.8, 4) is 11.1 Å². The SMILES string of the molecule is CCOC(=O)CCCC(=O)c1ccccc1-c1ccccc1. The maximum Gasteiger partial charge on any atom is 0.305 e. The molecule has 0 bridgehead atoms. The quantitative estimate of drug-likeness (QED) is 0.566. The zero-order chi connectivity index (χ0) is 15.8. The van der Waals surface area contributed by atoms with Gasteiger partial charge in [-0.15, -0.1) is 0 Å². The Morgan fingerprint density at radius 2 is 1.59 bits per heavy atom. The standard InChI is InChI=1S/C19H20O3/c1-2-22-19(21)14-8-13-18(20)17-12-7-6-11-16(17)15-9-4-3-5-10-15/h3-7,9-12H,2,8,13-14H2,1H3. The van der Waals surface area contributed by atoms with Crippen LogP contribution in [0.15, 0.2) is 54.6 Å². The van der Waals surface area contributed by atoms with E-state index in [-0.39, 0.29) is 18.2 Å². The summed E-state index contributed by atoms with van der Waals surface area (Å²) in [5.41, 5.74) is 2.67. The van der Waals surface area contributed by atoms with E-state index < -0.39 is 0 Å². The van der Waals surface area contributed by atoms with Gasteiger partial charge in [-0.25, -0.2) is 0 Å². The van der Waals surface area contributed by atoms with Crippen LogP contribution in [0.4, 0.5) is 0 Å². The van der Waals surface area contributed by atoms with Crippen LogP contribution >= 0.6 is 0 Å². The first-order valence-corrected chi connectivity index (χ1v) is 7.55. The van der Waals surface area contributed by atoms with Crippen molar-refractivity contribution in [2.75, 3.05) is 6.61 Å². The molecule has 22 heavy (non-hydrogen) atoms. The molecule has 0 spiro atoms. The van der Waals surface area contributed by atoms with Crippen LogP contribution in [0.25, 0.3) is 11.1 Å². The van der Waals surface area contributed by atoms with Crippen LogP contribution in [0.3, 0.4) is 0 Å². The fourth-order valence-electron chi connectivity index (χ4n) is 2.36. The van der Waals surface area contributed by atoms with Gasteiger partial charge in [-0.2, -0.15) is 0 Å². The predicted molar refractivity (Wildman–Crippen MR) is 86.7 cm³/mol. The molecule has 0 radical (unpaired) electrons. The number of esters is 1. The van der Waals surface area contributed by atoms with Crippen LogP contribution < -0.4 is 0 Å². The maximum atomic E-state index is 12.4. The molecule has 0 heterocycles. The molecular weight excluding hydrogens is 276 g/mol. The molecule has 0 aliphatic carbocycles. The Kier molecular flexibility index (Phi) is 5.90. The molecule has 2 rings (SSSR count). The Morgan fingerprint density at radius 3 is 2.32 bits per heavy atom. The number of rotatable bonds is 7. The van der Waals surface area contributed by atoms with E-state index in [1.54, 1.807) is 6.92 Å². The van der Waals surface area contributed by atoms with Crippen molar-refractivity contribution in [1.82, 2.24) is 0 Å². The van der Waals surface area contributed by atoms with Crippen molar-refractivity contribution in [2.24, 2.45) is 0 Å². The second-order valence-corrected chi connectivity index (χ2v) is 4.99. The molecule has 0 saturated carbocycles. The Bertz CT molecular complexity index is 632. The van der Waals surface area contributed by atoms with Gasteiger partial charge in [-0.05, 0) is 24.5 Å². The summed E-state index contributed by atoms with van der Waals surface area (Å²) in [7, 11) is 0. The molecule has 3 heteroatoms. The lowest BCUT2D eigenvalue weighted by Crippen LogP contribution is -2.06. The zero-order valence-corrected chi connectivity index (χ0v) is 12.7. The van der Waals surface area contributed by atoms with E-state index in [1.165, 1.54) is 0 Å². The monoisotopic (exact) mass is 296 g/mol. The maximum absolute atomic E-state index is 12.4. The van der Waals surface area contributed by atoms with Crippen LogP contribution in [0.5, 0.6) is 0 Å². The number of hydrogen-bond donors (Lipinski definition) is 0. The first-order chi connectivity index (χ1) is 10.7. The minimum absolute atomic E-state index is 0.0590. The highest BCUT2D eigenvalue weighted by atomic mass is 16.5. The molecule has 114 valence electrons. The number of benzene rings is 2. The lowest BCUT2D eigenvalue weighted by Gasteiger charge is -2.09. The van der Waals surface area contributed by atoms with E-state index in [0.29, 0.717) is 25.0 Å². The Balaban J connectivity index is 2.06. The van der Waals surface area contributed by atoms with E-state index in [1.807, 2.05) is 54.6 Å². The lowest BCUT2D eigenvalue weighted by atomic mass is 9.95. The normalized spacial score (nSPS) is 10.2. The number of carbonyl (C=O) groups excluding carboxylic acids is 2. The summed E-state index contributed by atoms with van der Waals surface area (Å²) >= 11 is 0. The average molecular weight is 296 g/mol. The second kappa shape index (κ2) is 8.13. The predicted octanol–water partition coefficient (Wildman–Crippen LogP) is 4.27. The summed E-state index contributed by atoms with van der Waals surface area (Å²) in [6.07, 6.45) is 1.15. The summed E-state index contributed by atoms with van der Waals surface area (Å²) in [6, 6.07) is 17.4. The highest BCUT2D eigenvalue weighted by Crippen LogP contribution is 2.24. The number of ketones is 1. The highest BCUT2D eigenvalue weighted by molar-refractivity contribution is 6.02. The molecular formula is C19H20O3. The number of carbonyl (C=O) groups is 2. The van der Waals surface area contributed by atoms with Crippen molar-refractivity contribution < 1.29 is 14.3 Å².